The summed E-state index contributed by atoms with van der Waals surface area (Å²) in [6, 6.07) is 6.65. The molecule has 1 atom stereocenters. The zero-order valence-electron chi connectivity index (χ0n) is 12.0. The normalized spacial score (nSPS) is 11.8. The average molecular weight is 278 g/mol. The van der Waals surface area contributed by atoms with Crippen LogP contribution in [0.1, 0.15) is 37.0 Å². The molecule has 0 aliphatic rings. The number of nitrogens with one attached hydrogen (secondary N) is 1. The fraction of sp³-hybridized carbons (Fsp3) is 0.467. The number of carbonyl (C=O) groups is 2. The van der Waals surface area contributed by atoms with Crippen LogP contribution in [0.2, 0.25) is 0 Å². The molecule has 0 aromatic heterocycles. The molecule has 0 radical (unpaired) electrons. The lowest BCUT2D eigenvalue weighted by molar-refractivity contribution is -0.116. The first-order chi connectivity index (χ1) is 9.56. The summed E-state index contributed by atoms with van der Waals surface area (Å²) < 4.78 is 5.03. The highest BCUT2D eigenvalue weighted by Gasteiger charge is 2.09. The van der Waals surface area contributed by atoms with E-state index in [1.54, 1.807) is 24.3 Å². The van der Waals surface area contributed by atoms with Gasteiger partial charge in [-0.3, -0.25) is 4.79 Å². The third-order valence-corrected chi connectivity index (χ3v) is 2.78. The summed E-state index contributed by atoms with van der Waals surface area (Å²) in [7, 11) is 0. The number of ether oxygens (including phenoxy) is 1. The Morgan fingerprint density at radius 1 is 1.30 bits per heavy atom. The molecule has 3 N–H and O–H groups in total. The molecule has 0 fully saturated rings. The van der Waals surface area contributed by atoms with Crippen LogP contribution in [-0.2, 0) is 9.53 Å². The maximum atomic E-state index is 11.7. The van der Waals surface area contributed by atoms with Gasteiger partial charge in [0, 0.05) is 12.1 Å². The van der Waals surface area contributed by atoms with E-state index in [2.05, 4.69) is 5.32 Å². The van der Waals surface area contributed by atoms with Crippen molar-refractivity contribution in [3.8, 4) is 0 Å². The lowest BCUT2D eigenvalue weighted by atomic mass is 10.1. The number of hydrogen-bond acceptors (Lipinski definition) is 4. The van der Waals surface area contributed by atoms with Crippen LogP contribution in [0.3, 0.4) is 0 Å². The van der Waals surface area contributed by atoms with E-state index in [1.807, 2.05) is 13.8 Å². The molecule has 20 heavy (non-hydrogen) atoms. The second kappa shape index (κ2) is 8.32. The minimum absolute atomic E-state index is 0.0794. The van der Waals surface area contributed by atoms with E-state index in [0.717, 1.165) is 6.42 Å². The summed E-state index contributed by atoms with van der Waals surface area (Å²) in [5.41, 5.74) is 6.61. The molecule has 5 nitrogen and oxygen atoms in total. The van der Waals surface area contributed by atoms with Crippen molar-refractivity contribution in [1.82, 2.24) is 0 Å². The highest BCUT2D eigenvalue weighted by atomic mass is 16.5. The molecule has 0 aliphatic carbocycles. The summed E-state index contributed by atoms with van der Waals surface area (Å²) in [5, 5.41) is 2.77. The molecule has 0 saturated carbocycles. The first-order valence-electron chi connectivity index (χ1n) is 6.84. The van der Waals surface area contributed by atoms with Crippen molar-refractivity contribution in [1.29, 1.82) is 0 Å². The Bertz CT molecular complexity index is 443. The van der Waals surface area contributed by atoms with Gasteiger partial charge in [0.05, 0.1) is 12.2 Å². The van der Waals surface area contributed by atoms with Gasteiger partial charge in [-0.05, 0) is 43.1 Å². The molecule has 110 valence electrons. The molecule has 1 aromatic rings. The molecule has 0 saturated heterocycles. The molecular weight excluding hydrogens is 256 g/mol. The quantitative estimate of drug-likeness (QED) is 0.749. The number of anilines is 1. The average Bonchev–Trinajstić information content (AvgIpc) is 2.45. The molecular formula is C15H22N2O3. The minimum Gasteiger partial charge on any atom is -0.462 e. The summed E-state index contributed by atoms with van der Waals surface area (Å²) in [6.45, 7) is 4.75. The standard InChI is InChI=1S/C15H22N2O3/c1-3-8-20-15(19)12-4-6-13(7-5-12)17-14(18)9-11(2)10-16/h4-7,11H,3,8-10,16H2,1-2H3,(H,17,18). The van der Waals surface area contributed by atoms with Crippen molar-refractivity contribution in [2.75, 3.05) is 18.5 Å². The van der Waals surface area contributed by atoms with Crippen LogP contribution in [0.4, 0.5) is 5.69 Å². The lowest BCUT2D eigenvalue weighted by Crippen LogP contribution is -2.20. The molecule has 1 amide bonds. The number of rotatable bonds is 7. The number of nitrogens with two attached hydrogens (primary N) is 1. The Balaban J connectivity index is 2.54. The van der Waals surface area contributed by atoms with Gasteiger partial charge in [0.15, 0.2) is 0 Å². The van der Waals surface area contributed by atoms with Crippen LogP contribution in [-0.4, -0.2) is 25.0 Å². The summed E-state index contributed by atoms with van der Waals surface area (Å²) in [4.78, 5) is 23.3. The molecule has 0 spiro atoms. The Kier molecular flexibility index (Phi) is 6.73. The van der Waals surface area contributed by atoms with E-state index in [-0.39, 0.29) is 17.8 Å². The van der Waals surface area contributed by atoms with Gasteiger partial charge in [0.1, 0.15) is 0 Å². The van der Waals surface area contributed by atoms with Gasteiger partial charge in [0.2, 0.25) is 5.91 Å². The highest BCUT2D eigenvalue weighted by Crippen LogP contribution is 2.12. The number of carbonyl (C=O) groups excluding carboxylic acids is 2. The molecule has 1 rings (SSSR count). The highest BCUT2D eigenvalue weighted by molar-refractivity contribution is 5.93. The predicted octanol–water partition coefficient (Wildman–Crippen LogP) is 2.18. The van der Waals surface area contributed by atoms with Gasteiger partial charge in [-0.15, -0.1) is 0 Å². The topological polar surface area (TPSA) is 81.4 Å². The zero-order valence-corrected chi connectivity index (χ0v) is 12.0. The van der Waals surface area contributed by atoms with E-state index >= 15 is 0 Å². The fourth-order valence-corrected chi connectivity index (χ4v) is 1.58. The van der Waals surface area contributed by atoms with Crippen LogP contribution in [0.25, 0.3) is 0 Å². The predicted molar refractivity (Wildman–Crippen MR) is 78.5 cm³/mol. The van der Waals surface area contributed by atoms with Crippen LogP contribution in [0.5, 0.6) is 0 Å². The van der Waals surface area contributed by atoms with E-state index < -0.39 is 0 Å². The molecule has 5 heteroatoms. The first kappa shape index (κ1) is 16.2. The number of benzene rings is 1. The fourth-order valence-electron chi connectivity index (χ4n) is 1.58. The minimum atomic E-state index is -0.346. The number of amides is 1. The van der Waals surface area contributed by atoms with Crippen molar-refractivity contribution >= 4 is 17.6 Å². The summed E-state index contributed by atoms with van der Waals surface area (Å²) >= 11 is 0. The Morgan fingerprint density at radius 3 is 2.50 bits per heavy atom. The molecule has 1 unspecified atom stereocenters. The maximum absolute atomic E-state index is 11.7. The smallest absolute Gasteiger partial charge is 0.338 e. The Hall–Kier alpha value is -1.88. The van der Waals surface area contributed by atoms with Crippen molar-refractivity contribution in [3.63, 3.8) is 0 Å². The van der Waals surface area contributed by atoms with Crippen LogP contribution >= 0.6 is 0 Å². The van der Waals surface area contributed by atoms with Gasteiger partial charge < -0.3 is 15.8 Å². The van der Waals surface area contributed by atoms with Crippen LogP contribution in [0.15, 0.2) is 24.3 Å². The first-order valence-corrected chi connectivity index (χ1v) is 6.84. The Morgan fingerprint density at radius 2 is 1.95 bits per heavy atom. The molecule has 0 heterocycles. The van der Waals surface area contributed by atoms with Gasteiger partial charge in [0.25, 0.3) is 0 Å². The SMILES string of the molecule is CCCOC(=O)c1ccc(NC(=O)CC(C)CN)cc1. The van der Waals surface area contributed by atoms with Gasteiger partial charge >= 0.3 is 5.97 Å². The van der Waals surface area contributed by atoms with Gasteiger partial charge in [-0.1, -0.05) is 13.8 Å². The van der Waals surface area contributed by atoms with E-state index in [1.165, 1.54) is 0 Å². The third-order valence-electron chi connectivity index (χ3n) is 2.78. The largest absolute Gasteiger partial charge is 0.462 e. The third kappa shape index (κ3) is 5.40. The van der Waals surface area contributed by atoms with Gasteiger partial charge in [-0.2, -0.15) is 0 Å². The van der Waals surface area contributed by atoms with Crippen molar-refractivity contribution in [3.05, 3.63) is 29.8 Å². The summed E-state index contributed by atoms with van der Waals surface area (Å²) in [6.07, 6.45) is 1.18. The lowest BCUT2D eigenvalue weighted by Gasteiger charge is -2.09. The van der Waals surface area contributed by atoms with Gasteiger partial charge in [-0.25, -0.2) is 4.79 Å². The maximum Gasteiger partial charge on any atom is 0.338 e. The second-order valence-electron chi connectivity index (χ2n) is 4.81. The molecule has 0 aliphatic heterocycles. The molecule has 0 bridgehead atoms. The van der Waals surface area contributed by atoms with E-state index in [0.29, 0.717) is 30.8 Å². The number of hydrogen-bond donors (Lipinski definition) is 2. The number of esters is 1. The second-order valence-corrected chi connectivity index (χ2v) is 4.81. The van der Waals surface area contributed by atoms with Crippen molar-refractivity contribution < 1.29 is 14.3 Å². The monoisotopic (exact) mass is 278 g/mol. The zero-order chi connectivity index (χ0) is 15.0. The van der Waals surface area contributed by atoms with Crippen LogP contribution < -0.4 is 11.1 Å². The Labute approximate surface area is 119 Å². The van der Waals surface area contributed by atoms with Crippen molar-refractivity contribution in [2.45, 2.75) is 26.7 Å². The van der Waals surface area contributed by atoms with E-state index in [4.69, 9.17) is 10.5 Å². The van der Waals surface area contributed by atoms with E-state index in [9.17, 15) is 9.59 Å². The summed E-state index contributed by atoms with van der Waals surface area (Å²) in [5.74, 6) is -0.274. The van der Waals surface area contributed by atoms with Crippen LogP contribution in [0, 0.1) is 5.92 Å². The molecule has 1 aromatic carbocycles. The van der Waals surface area contributed by atoms with Crippen molar-refractivity contribution in [2.24, 2.45) is 11.7 Å².